The van der Waals surface area contributed by atoms with Gasteiger partial charge in [-0.3, -0.25) is 9.59 Å². The molecule has 6 rings (SSSR count). The summed E-state index contributed by atoms with van der Waals surface area (Å²) in [5.41, 5.74) is 1.74. The maximum absolute atomic E-state index is 12.9. The number of hydrogen-bond donors (Lipinski definition) is 0. The van der Waals surface area contributed by atoms with Crippen molar-refractivity contribution in [3.05, 3.63) is 70.2 Å². The molecule has 0 aromatic heterocycles. The molecule has 2 amide bonds. The van der Waals surface area contributed by atoms with Gasteiger partial charge in [0, 0.05) is 0 Å². The Balaban J connectivity index is 1.35. The van der Waals surface area contributed by atoms with E-state index >= 15 is 0 Å². The first-order valence-corrected chi connectivity index (χ1v) is 11.5. The molecule has 32 heavy (non-hydrogen) atoms. The molecular formula is C25H23BrN2O4. The lowest BCUT2D eigenvalue weighted by Gasteiger charge is -2.37. The summed E-state index contributed by atoms with van der Waals surface area (Å²) in [7, 11) is 1.57. The van der Waals surface area contributed by atoms with Crippen LogP contribution in [0, 0.1) is 23.7 Å². The van der Waals surface area contributed by atoms with Crippen LogP contribution >= 0.6 is 15.9 Å². The highest BCUT2D eigenvalue weighted by Crippen LogP contribution is 2.49. The quantitative estimate of drug-likeness (QED) is 0.335. The number of ether oxygens (including phenoxy) is 2. The lowest BCUT2D eigenvalue weighted by molar-refractivity contribution is -0.140. The second-order valence-electron chi connectivity index (χ2n) is 8.38. The molecule has 2 aromatic carbocycles. The summed E-state index contributed by atoms with van der Waals surface area (Å²) in [6, 6.07) is 13.5. The second kappa shape index (κ2) is 8.54. The third kappa shape index (κ3) is 3.64. The Morgan fingerprint density at radius 3 is 2.31 bits per heavy atom. The predicted molar refractivity (Wildman–Crippen MR) is 123 cm³/mol. The number of halogens is 1. The van der Waals surface area contributed by atoms with Crippen LogP contribution in [0.2, 0.25) is 0 Å². The fourth-order valence-electron chi connectivity index (χ4n) is 4.98. The highest BCUT2D eigenvalue weighted by atomic mass is 79.9. The van der Waals surface area contributed by atoms with Crippen molar-refractivity contribution in [2.45, 2.75) is 19.4 Å². The Morgan fingerprint density at radius 2 is 1.72 bits per heavy atom. The predicted octanol–water partition coefficient (Wildman–Crippen LogP) is 4.57. The topological polar surface area (TPSA) is 68.2 Å². The first-order chi connectivity index (χ1) is 15.6. The zero-order chi connectivity index (χ0) is 22.2. The molecule has 0 N–H and O–H groups in total. The summed E-state index contributed by atoms with van der Waals surface area (Å²) in [6.07, 6.45) is 7.66. The van der Waals surface area contributed by atoms with Crippen LogP contribution in [0.1, 0.15) is 24.0 Å². The van der Waals surface area contributed by atoms with Crippen molar-refractivity contribution in [2.75, 3.05) is 7.11 Å². The van der Waals surface area contributed by atoms with E-state index in [-0.39, 0.29) is 35.5 Å². The van der Waals surface area contributed by atoms with Gasteiger partial charge in [-0.2, -0.15) is 10.1 Å². The van der Waals surface area contributed by atoms with E-state index in [4.69, 9.17) is 9.47 Å². The van der Waals surface area contributed by atoms with Gasteiger partial charge in [-0.15, -0.1) is 0 Å². The Bertz CT molecular complexity index is 1080. The Kier molecular flexibility index (Phi) is 5.59. The van der Waals surface area contributed by atoms with E-state index in [9.17, 15) is 9.59 Å². The molecule has 7 heteroatoms. The van der Waals surface area contributed by atoms with E-state index < -0.39 is 0 Å². The van der Waals surface area contributed by atoms with Gasteiger partial charge in [0.2, 0.25) is 0 Å². The zero-order valence-corrected chi connectivity index (χ0v) is 19.2. The van der Waals surface area contributed by atoms with Gasteiger partial charge < -0.3 is 9.47 Å². The highest BCUT2D eigenvalue weighted by Gasteiger charge is 2.56. The number of imide groups is 1. The first kappa shape index (κ1) is 20.9. The Hall–Kier alpha value is -2.93. The molecule has 4 aliphatic rings. The van der Waals surface area contributed by atoms with Gasteiger partial charge in [0.15, 0.2) is 11.5 Å². The fraction of sp³-hybridized carbons (Fsp3) is 0.320. The largest absolute Gasteiger partial charge is 0.493 e. The third-order valence-electron chi connectivity index (χ3n) is 6.54. The number of benzene rings is 2. The molecule has 2 bridgehead atoms. The molecule has 6 nitrogen and oxygen atoms in total. The number of rotatable bonds is 6. The summed E-state index contributed by atoms with van der Waals surface area (Å²) < 4.78 is 12.2. The number of allylic oxidation sites excluding steroid dienone is 2. The van der Waals surface area contributed by atoms with Gasteiger partial charge >= 0.3 is 0 Å². The van der Waals surface area contributed by atoms with Crippen LogP contribution in [0.5, 0.6) is 11.5 Å². The van der Waals surface area contributed by atoms with Crippen molar-refractivity contribution in [2.24, 2.45) is 28.8 Å². The zero-order valence-electron chi connectivity index (χ0n) is 17.6. The molecule has 0 radical (unpaired) electrons. The van der Waals surface area contributed by atoms with Crippen molar-refractivity contribution >= 4 is 34.0 Å². The number of carbonyl (C=O) groups is 2. The maximum atomic E-state index is 12.9. The molecule has 4 atom stereocenters. The van der Waals surface area contributed by atoms with Crippen molar-refractivity contribution in [3.63, 3.8) is 0 Å². The van der Waals surface area contributed by atoms with E-state index in [1.807, 2.05) is 36.4 Å². The summed E-state index contributed by atoms with van der Waals surface area (Å²) in [5, 5.41) is 5.34. The fourth-order valence-corrected chi connectivity index (χ4v) is 5.55. The van der Waals surface area contributed by atoms with Crippen LogP contribution in [0.4, 0.5) is 0 Å². The monoisotopic (exact) mass is 494 g/mol. The number of fused-ring (bicyclic) bond motifs is 1. The van der Waals surface area contributed by atoms with E-state index in [1.54, 1.807) is 13.2 Å². The van der Waals surface area contributed by atoms with Crippen molar-refractivity contribution in [1.29, 1.82) is 0 Å². The minimum atomic E-state index is -0.265. The molecule has 2 fully saturated rings. The number of hydrogen-bond acceptors (Lipinski definition) is 5. The lowest BCUT2D eigenvalue weighted by atomic mass is 9.63. The number of carbonyl (C=O) groups excluding carboxylic acids is 2. The summed E-state index contributed by atoms with van der Waals surface area (Å²) in [6.45, 7) is 0.402. The molecule has 2 aromatic rings. The average molecular weight is 495 g/mol. The van der Waals surface area contributed by atoms with E-state index in [2.05, 4.69) is 33.2 Å². The van der Waals surface area contributed by atoms with Crippen LogP contribution in [-0.4, -0.2) is 30.1 Å². The van der Waals surface area contributed by atoms with Gasteiger partial charge in [0.1, 0.15) is 6.61 Å². The highest BCUT2D eigenvalue weighted by molar-refractivity contribution is 9.10. The Labute approximate surface area is 195 Å². The minimum absolute atomic E-state index is 0.150. The summed E-state index contributed by atoms with van der Waals surface area (Å²) >= 11 is 3.54. The van der Waals surface area contributed by atoms with Crippen molar-refractivity contribution in [3.8, 4) is 11.5 Å². The van der Waals surface area contributed by atoms with Gasteiger partial charge in [0.05, 0.1) is 29.6 Å². The van der Waals surface area contributed by atoms with Gasteiger partial charge in [-0.1, -0.05) is 42.5 Å². The molecule has 1 saturated heterocycles. The van der Waals surface area contributed by atoms with Gasteiger partial charge in [-0.25, -0.2) is 0 Å². The van der Waals surface area contributed by atoms with E-state index in [0.29, 0.717) is 28.1 Å². The summed E-state index contributed by atoms with van der Waals surface area (Å²) in [5.74, 6) is 0.501. The molecule has 164 valence electrons. The van der Waals surface area contributed by atoms with Crippen molar-refractivity contribution in [1.82, 2.24) is 5.01 Å². The van der Waals surface area contributed by atoms with E-state index in [0.717, 1.165) is 23.4 Å². The molecule has 0 unspecified atom stereocenters. The minimum Gasteiger partial charge on any atom is -0.493 e. The third-order valence-corrected chi connectivity index (χ3v) is 7.13. The SMILES string of the molecule is COc1cc(/C=N\N2C(=O)[C@@H]3[C@H](C2=O)[C@H]2C=C[C@H]3CC2)cc(Br)c1OCc1ccccc1. The number of methoxy groups -OCH3 is 1. The van der Waals surface area contributed by atoms with Crippen LogP contribution in [0.25, 0.3) is 0 Å². The maximum Gasteiger partial charge on any atom is 0.254 e. The van der Waals surface area contributed by atoms with Crippen LogP contribution in [-0.2, 0) is 16.2 Å². The average Bonchev–Trinajstić information content (AvgIpc) is 3.10. The molecule has 1 aliphatic heterocycles. The standard InChI is InChI=1S/C25H23BrN2O4/c1-31-20-12-16(11-19(26)23(20)32-14-15-5-3-2-4-6-15)13-27-28-24(29)21-17-7-8-18(10-9-17)22(21)25(28)30/h2-8,11-13,17-18,21-22H,9-10,14H2,1H3/b27-13-/t17-,18-,21-,22+/m0/s1. The molecule has 1 heterocycles. The van der Waals surface area contributed by atoms with Gasteiger partial charge in [-0.05, 0) is 63.9 Å². The summed E-state index contributed by atoms with van der Waals surface area (Å²) in [4.78, 5) is 25.9. The molecule has 3 aliphatic carbocycles. The smallest absolute Gasteiger partial charge is 0.254 e. The van der Waals surface area contributed by atoms with E-state index in [1.165, 1.54) is 6.21 Å². The molecule has 0 spiro atoms. The van der Waals surface area contributed by atoms with Crippen LogP contribution in [0.15, 0.2) is 64.2 Å². The molecule has 1 saturated carbocycles. The number of amides is 2. The Morgan fingerprint density at radius 1 is 1.06 bits per heavy atom. The normalized spacial score (nSPS) is 26.1. The van der Waals surface area contributed by atoms with Crippen LogP contribution in [0.3, 0.4) is 0 Å². The second-order valence-corrected chi connectivity index (χ2v) is 9.24. The first-order valence-electron chi connectivity index (χ1n) is 10.7. The number of nitrogens with zero attached hydrogens (tertiary/aromatic N) is 2. The van der Waals surface area contributed by atoms with Crippen LogP contribution < -0.4 is 9.47 Å². The van der Waals surface area contributed by atoms with Gasteiger partial charge in [0.25, 0.3) is 11.8 Å². The lowest BCUT2D eigenvalue weighted by Crippen LogP contribution is -2.38. The molecular weight excluding hydrogens is 472 g/mol. The van der Waals surface area contributed by atoms with Crippen molar-refractivity contribution < 1.29 is 19.1 Å². The number of hydrazone groups is 1.